The second-order valence-electron chi connectivity index (χ2n) is 4.84. The summed E-state index contributed by atoms with van der Waals surface area (Å²) in [5.41, 5.74) is 0. The van der Waals surface area contributed by atoms with Gasteiger partial charge in [-0.05, 0) is 25.7 Å². The van der Waals surface area contributed by atoms with Gasteiger partial charge in [-0.3, -0.25) is 0 Å². The van der Waals surface area contributed by atoms with Gasteiger partial charge in [0, 0.05) is 0 Å². The molecule has 0 aromatic heterocycles. The highest BCUT2D eigenvalue weighted by atomic mass is 13.9. The number of rotatable bonds is 0. The Kier molecular flexibility index (Phi) is 12.1. The van der Waals surface area contributed by atoms with E-state index in [0.29, 0.717) is 0 Å². The summed E-state index contributed by atoms with van der Waals surface area (Å²) in [4.78, 5) is 0. The molecule has 22 heavy (non-hydrogen) atoms. The molecule has 1 aliphatic carbocycles. The summed E-state index contributed by atoms with van der Waals surface area (Å²) in [6.07, 6.45) is 42.0. The Morgan fingerprint density at radius 3 is 0.773 bits per heavy atom. The van der Waals surface area contributed by atoms with Crippen molar-refractivity contribution >= 4 is 0 Å². The van der Waals surface area contributed by atoms with E-state index in [9.17, 15) is 0 Å². The summed E-state index contributed by atoms with van der Waals surface area (Å²) < 4.78 is 0. The molecule has 1 aliphatic rings. The summed E-state index contributed by atoms with van der Waals surface area (Å²) in [6.45, 7) is 0. The summed E-state index contributed by atoms with van der Waals surface area (Å²) in [7, 11) is 0. The maximum absolute atomic E-state index is 2.23. The zero-order valence-electron chi connectivity index (χ0n) is 13.2. The molecule has 114 valence electrons. The fourth-order valence-electron chi connectivity index (χ4n) is 1.77. The lowest BCUT2D eigenvalue weighted by molar-refractivity contribution is 0.762. The molecule has 0 atom stereocenters. The second kappa shape index (κ2) is 15.1. The molecular weight excluding hydrogens is 264 g/mol. The summed E-state index contributed by atoms with van der Waals surface area (Å²) >= 11 is 0. The number of hydrogen-bond donors (Lipinski definition) is 0. The van der Waals surface area contributed by atoms with Crippen molar-refractivity contribution in [2.24, 2.45) is 0 Å². The van der Waals surface area contributed by atoms with Gasteiger partial charge >= 0.3 is 0 Å². The highest BCUT2D eigenvalue weighted by Crippen LogP contribution is 2.02. The van der Waals surface area contributed by atoms with Crippen molar-refractivity contribution in [2.75, 3.05) is 0 Å². The van der Waals surface area contributed by atoms with E-state index >= 15 is 0 Å². The van der Waals surface area contributed by atoms with Crippen molar-refractivity contribution in [3.8, 4) is 0 Å². The largest absolute Gasteiger partial charge is 0.0845 e. The quantitative estimate of drug-likeness (QED) is 0.473. The molecule has 0 spiro atoms. The van der Waals surface area contributed by atoms with Gasteiger partial charge < -0.3 is 0 Å². The van der Waals surface area contributed by atoms with Gasteiger partial charge in [0.2, 0.25) is 0 Å². The van der Waals surface area contributed by atoms with Crippen LogP contribution in [0.5, 0.6) is 0 Å². The van der Waals surface area contributed by atoms with Gasteiger partial charge in [-0.15, -0.1) is 0 Å². The lowest BCUT2D eigenvalue weighted by Gasteiger charge is -1.91. The maximum Gasteiger partial charge on any atom is -0.0347 e. The average molecular weight is 290 g/mol. The minimum absolute atomic E-state index is 1.15. The molecule has 0 heterocycles. The first-order valence-electron chi connectivity index (χ1n) is 7.98. The Balaban J connectivity index is 2.53. The van der Waals surface area contributed by atoms with E-state index in [1.165, 1.54) is 12.8 Å². The van der Waals surface area contributed by atoms with Gasteiger partial charge in [0.15, 0.2) is 0 Å². The van der Waals surface area contributed by atoms with E-state index in [1.807, 2.05) is 60.8 Å². The van der Waals surface area contributed by atoms with Gasteiger partial charge in [-0.2, -0.15) is 0 Å². The fourth-order valence-corrected chi connectivity index (χ4v) is 1.77. The SMILES string of the molecule is C1=CCCCC/C=C/C=C/C=C/C=C\C=C\C=C\C=C\C=C/1. The smallest absolute Gasteiger partial charge is 0.0347 e. The first-order valence-corrected chi connectivity index (χ1v) is 7.98. The van der Waals surface area contributed by atoms with Crippen molar-refractivity contribution in [2.45, 2.75) is 25.7 Å². The lowest BCUT2D eigenvalue weighted by Crippen LogP contribution is -1.71. The molecule has 0 aromatic rings. The highest BCUT2D eigenvalue weighted by molar-refractivity contribution is 5.21. The van der Waals surface area contributed by atoms with E-state index in [4.69, 9.17) is 0 Å². The van der Waals surface area contributed by atoms with Crippen LogP contribution >= 0.6 is 0 Å². The van der Waals surface area contributed by atoms with Crippen LogP contribution in [-0.2, 0) is 0 Å². The Labute approximate surface area is 135 Å². The lowest BCUT2D eigenvalue weighted by atomic mass is 10.2. The first-order chi connectivity index (χ1) is 11.0. The fraction of sp³-hybridized carbons (Fsp3) is 0.182. The highest BCUT2D eigenvalue weighted by Gasteiger charge is 1.82. The maximum atomic E-state index is 2.23. The van der Waals surface area contributed by atoms with Crippen LogP contribution in [0.2, 0.25) is 0 Å². The molecule has 0 radical (unpaired) electrons. The van der Waals surface area contributed by atoms with Crippen LogP contribution in [0.4, 0.5) is 0 Å². The van der Waals surface area contributed by atoms with E-state index in [0.717, 1.165) is 12.8 Å². The van der Waals surface area contributed by atoms with E-state index in [-0.39, 0.29) is 0 Å². The topological polar surface area (TPSA) is 0 Å². The zero-order chi connectivity index (χ0) is 15.6. The Morgan fingerprint density at radius 1 is 0.273 bits per heavy atom. The van der Waals surface area contributed by atoms with Crippen molar-refractivity contribution in [3.63, 3.8) is 0 Å². The van der Waals surface area contributed by atoms with Crippen molar-refractivity contribution in [1.82, 2.24) is 0 Å². The minimum Gasteiger partial charge on any atom is -0.0845 e. The third-order valence-electron chi connectivity index (χ3n) is 2.93. The normalized spacial score (nSPS) is 29.1. The summed E-state index contributed by atoms with van der Waals surface area (Å²) in [5.74, 6) is 0. The van der Waals surface area contributed by atoms with Crippen LogP contribution in [0.1, 0.15) is 25.7 Å². The molecule has 1 rings (SSSR count). The summed E-state index contributed by atoms with van der Waals surface area (Å²) in [6, 6.07) is 0. The molecule has 0 saturated heterocycles. The van der Waals surface area contributed by atoms with Crippen LogP contribution < -0.4 is 0 Å². The van der Waals surface area contributed by atoms with E-state index < -0.39 is 0 Å². The molecule has 0 N–H and O–H groups in total. The second-order valence-corrected chi connectivity index (χ2v) is 4.84. The number of hydrogen-bond acceptors (Lipinski definition) is 0. The van der Waals surface area contributed by atoms with Crippen LogP contribution in [0, 0.1) is 0 Å². The van der Waals surface area contributed by atoms with Crippen LogP contribution in [0.15, 0.2) is 109 Å². The number of allylic oxidation sites excluding steroid dienone is 18. The molecule has 0 nitrogen and oxygen atoms in total. The van der Waals surface area contributed by atoms with Crippen LogP contribution in [0.25, 0.3) is 0 Å². The van der Waals surface area contributed by atoms with E-state index in [2.05, 4.69) is 48.6 Å². The van der Waals surface area contributed by atoms with E-state index in [1.54, 1.807) is 0 Å². The standard InChI is InChI=1S/C22H26/c1-2-4-6-8-10-12-14-16-18-20-22-21-19-17-15-13-11-9-7-5-3-1/h1-18H,19-22H2/b2-1+,5-3-,6-4+,9-7+,10-8+,13-11+,14-12-,17-15+,18-16?. The van der Waals surface area contributed by atoms with Gasteiger partial charge in [-0.1, -0.05) is 109 Å². The molecule has 0 heteroatoms. The molecule has 0 aromatic carbocycles. The van der Waals surface area contributed by atoms with Gasteiger partial charge in [0.1, 0.15) is 0 Å². The van der Waals surface area contributed by atoms with Crippen LogP contribution in [0.3, 0.4) is 0 Å². The van der Waals surface area contributed by atoms with Gasteiger partial charge in [0.25, 0.3) is 0 Å². The minimum atomic E-state index is 1.15. The van der Waals surface area contributed by atoms with Gasteiger partial charge in [0.05, 0.1) is 0 Å². The first kappa shape index (κ1) is 17.7. The van der Waals surface area contributed by atoms with Crippen LogP contribution in [-0.4, -0.2) is 0 Å². The Bertz CT molecular complexity index is 466. The molecule has 0 aliphatic heterocycles. The molecule has 0 unspecified atom stereocenters. The zero-order valence-corrected chi connectivity index (χ0v) is 13.2. The Hall–Kier alpha value is -2.34. The predicted molar refractivity (Wildman–Crippen MR) is 101 cm³/mol. The third-order valence-corrected chi connectivity index (χ3v) is 2.93. The molecule has 0 saturated carbocycles. The van der Waals surface area contributed by atoms with Crippen molar-refractivity contribution in [3.05, 3.63) is 109 Å². The molecule has 0 bridgehead atoms. The molecular formula is C22H26. The average Bonchev–Trinajstić information content (AvgIpc) is 2.53. The van der Waals surface area contributed by atoms with Crippen molar-refractivity contribution < 1.29 is 0 Å². The third kappa shape index (κ3) is 12.7. The van der Waals surface area contributed by atoms with Crippen molar-refractivity contribution in [1.29, 1.82) is 0 Å². The monoisotopic (exact) mass is 290 g/mol. The van der Waals surface area contributed by atoms with Gasteiger partial charge in [-0.25, -0.2) is 0 Å². The summed E-state index contributed by atoms with van der Waals surface area (Å²) in [5, 5.41) is 0. The molecule has 0 fully saturated rings. The Morgan fingerprint density at radius 2 is 0.500 bits per heavy atom. The predicted octanol–water partition coefficient (Wildman–Crippen LogP) is 6.57. The molecule has 0 amide bonds.